The fourth-order valence-electron chi connectivity index (χ4n) is 6.51. The highest BCUT2D eigenvalue weighted by atomic mass is 15.1. The molecule has 0 aliphatic heterocycles. The summed E-state index contributed by atoms with van der Waals surface area (Å²) in [6.45, 7) is 0. The number of aryl methyl sites for hydroxylation is 1. The summed E-state index contributed by atoms with van der Waals surface area (Å²) >= 11 is 0. The molecule has 5 heteroatoms. The van der Waals surface area contributed by atoms with Crippen LogP contribution in [0.5, 0.6) is 0 Å². The summed E-state index contributed by atoms with van der Waals surface area (Å²) in [5, 5.41) is 4.68. The molecule has 0 aliphatic rings. The normalized spacial score (nSPS) is 11.9. The third kappa shape index (κ3) is 3.19. The maximum Gasteiger partial charge on any atom is 0.244 e. The van der Waals surface area contributed by atoms with Crippen molar-refractivity contribution < 1.29 is 4.57 Å². The van der Waals surface area contributed by atoms with Crippen molar-refractivity contribution in [2.24, 2.45) is 7.05 Å². The molecular weight excluding hydrogens is 514 g/mol. The number of hydrogen-bond donors (Lipinski definition) is 0. The van der Waals surface area contributed by atoms with Crippen LogP contribution in [0.25, 0.3) is 72.0 Å². The Bertz CT molecular complexity index is 2480. The SMILES string of the molecule is C[n+]1[c-]n(-c2cccc(-n3c4ccccc4c4cc5c6ccccc6n(-c6ccccc6)c5nc43)c2)c2ccccc21. The van der Waals surface area contributed by atoms with Crippen molar-refractivity contribution in [2.75, 3.05) is 0 Å². The van der Waals surface area contributed by atoms with Gasteiger partial charge in [-0.25, -0.2) is 4.98 Å². The predicted molar refractivity (Wildman–Crippen MR) is 170 cm³/mol. The van der Waals surface area contributed by atoms with E-state index in [0.29, 0.717) is 0 Å². The molecule has 42 heavy (non-hydrogen) atoms. The summed E-state index contributed by atoms with van der Waals surface area (Å²) in [5.74, 6) is 0. The van der Waals surface area contributed by atoms with Crippen LogP contribution >= 0.6 is 0 Å². The Hall–Kier alpha value is -5.68. The number of rotatable bonds is 3. The predicted octanol–water partition coefficient (Wildman–Crippen LogP) is 7.84. The van der Waals surface area contributed by atoms with Gasteiger partial charge in [0.05, 0.1) is 34.8 Å². The van der Waals surface area contributed by atoms with E-state index < -0.39 is 0 Å². The number of fused-ring (bicyclic) bond motifs is 7. The second-order valence-electron chi connectivity index (χ2n) is 10.8. The largest absolute Gasteiger partial charge is 0.319 e. The Morgan fingerprint density at radius 1 is 0.500 bits per heavy atom. The van der Waals surface area contributed by atoms with Gasteiger partial charge in [-0.2, -0.15) is 0 Å². The molecular formula is C37H25N5. The molecule has 198 valence electrons. The zero-order valence-electron chi connectivity index (χ0n) is 22.9. The molecule has 0 saturated carbocycles. The monoisotopic (exact) mass is 539 g/mol. The van der Waals surface area contributed by atoms with Gasteiger partial charge in [-0.15, -0.1) is 0 Å². The number of hydrogen-bond acceptors (Lipinski definition) is 1. The molecule has 0 amide bonds. The van der Waals surface area contributed by atoms with Gasteiger partial charge in [-0.1, -0.05) is 91.0 Å². The van der Waals surface area contributed by atoms with Crippen LogP contribution in [0.3, 0.4) is 0 Å². The summed E-state index contributed by atoms with van der Waals surface area (Å²) < 4.78 is 8.75. The Labute approximate surface area is 241 Å². The fraction of sp³-hybridized carbons (Fsp3) is 0.0270. The van der Waals surface area contributed by atoms with Gasteiger partial charge in [0.2, 0.25) is 6.33 Å². The van der Waals surface area contributed by atoms with Crippen LogP contribution in [0, 0.1) is 6.33 Å². The van der Waals surface area contributed by atoms with Gasteiger partial charge in [0, 0.05) is 32.9 Å². The molecule has 4 heterocycles. The summed E-state index contributed by atoms with van der Waals surface area (Å²) in [4.78, 5) is 5.47. The molecule has 0 saturated heterocycles. The number of nitrogens with zero attached hydrogens (tertiary/aromatic N) is 5. The quantitative estimate of drug-likeness (QED) is 0.166. The van der Waals surface area contributed by atoms with Crippen molar-refractivity contribution in [3.05, 3.63) is 140 Å². The highest BCUT2D eigenvalue weighted by molar-refractivity contribution is 6.16. The second kappa shape index (κ2) is 8.66. The number of imidazole rings is 1. The van der Waals surface area contributed by atoms with Crippen LogP contribution in [0.15, 0.2) is 133 Å². The molecule has 0 bridgehead atoms. The highest BCUT2D eigenvalue weighted by Crippen LogP contribution is 2.38. The Balaban J connectivity index is 1.37. The molecule has 5 aromatic carbocycles. The van der Waals surface area contributed by atoms with Crippen LogP contribution in [0.4, 0.5) is 0 Å². The molecule has 0 unspecified atom stereocenters. The maximum atomic E-state index is 5.47. The summed E-state index contributed by atoms with van der Waals surface area (Å²) in [6.07, 6.45) is 3.49. The van der Waals surface area contributed by atoms with Gasteiger partial charge in [0.15, 0.2) is 0 Å². The third-order valence-electron chi connectivity index (χ3n) is 8.37. The van der Waals surface area contributed by atoms with E-state index in [9.17, 15) is 0 Å². The first-order chi connectivity index (χ1) is 20.8. The maximum absolute atomic E-state index is 5.47. The number of benzene rings is 5. The van der Waals surface area contributed by atoms with Crippen molar-refractivity contribution in [1.29, 1.82) is 0 Å². The van der Waals surface area contributed by atoms with E-state index >= 15 is 0 Å². The summed E-state index contributed by atoms with van der Waals surface area (Å²) in [6, 6.07) is 47.1. The lowest BCUT2D eigenvalue weighted by Crippen LogP contribution is -2.26. The van der Waals surface area contributed by atoms with Crippen molar-refractivity contribution in [2.45, 2.75) is 0 Å². The molecule has 5 nitrogen and oxygen atoms in total. The van der Waals surface area contributed by atoms with Crippen LogP contribution < -0.4 is 4.57 Å². The first-order valence-corrected chi connectivity index (χ1v) is 14.1. The van der Waals surface area contributed by atoms with E-state index in [1.807, 2.05) is 11.6 Å². The zero-order chi connectivity index (χ0) is 27.8. The van der Waals surface area contributed by atoms with Gasteiger partial charge in [-0.05, 0) is 42.5 Å². The first kappa shape index (κ1) is 23.1. The number of aromatic nitrogens is 5. The summed E-state index contributed by atoms with van der Waals surface area (Å²) in [7, 11) is 2.04. The Morgan fingerprint density at radius 3 is 1.76 bits per heavy atom. The van der Waals surface area contributed by atoms with Crippen LogP contribution in [0.2, 0.25) is 0 Å². The van der Waals surface area contributed by atoms with Gasteiger partial charge in [0.25, 0.3) is 0 Å². The molecule has 0 atom stereocenters. The van der Waals surface area contributed by atoms with E-state index in [2.05, 4.69) is 153 Å². The van der Waals surface area contributed by atoms with Crippen LogP contribution in [0.1, 0.15) is 0 Å². The minimum Gasteiger partial charge on any atom is -0.319 e. The Kier molecular flexibility index (Phi) is 4.75. The third-order valence-corrected chi connectivity index (χ3v) is 8.37. The number of pyridine rings is 1. The molecule has 0 radical (unpaired) electrons. The number of para-hydroxylation sites is 5. The highest BCUT2D eigenvalue weighted by Gasteiger charge is 2.19. The average molecular weight is 540 g/mol. The van der Waals surface area contributed by atoms with Crippen molar-refractivity contribution in [3.8, 4) is 17.1 Å². The average Bonchev–Trinajstić information content (AvgIpc) is 3.67. The first-order valence-electron chi connectivity index (χ1n) is 14.1. The molecule has 9 aromatic rings. The smallest absolute Gasteiger partial charge is 0.244 e. The van der Waals surface area contributed by atoms with Crippen molar-refractivity contribution >= 4 is 54.9 Å². The summed E-state index contributed by atoms with van der Waals surface area (Å²) in [5.41, 5.74) is 9.63. The van der Waals surface area contributed by atoms with E-state index in [0.717, 1.165) is 61.2 Å². The van der Waals surface area contributed by atoms with Crippen molar-refractivity contribution in [1.82, 2.24) is 18.7 Å². The van der Waals surface area contributed by atoms with E-state index in [1.54, 1.807) is 0 Å². The van der Waals surface area contributed by atoms with Crippen LogP contribution in [-0.4, -0.2) is 18.7 Å². The molecule has 0 fully saturated rings. The fourth-order valence-corrected chi connectivity index (χ4v) is 6.51. The topological polar surface area (TPSA) is 31.6 Å². The van der Waals surface area contributed by atoms with Gasteiger partial charge in [0.1, 0.15) is 11.3 Å². The minimum absolute atomic E-state index is 0.938. The van der Waals surface area contributed by atoms with Crippen molar-refractivity contribution in [3.63, 3.8) is 0 Å². The molecule has 0 spiro atoms. The lowest BCUT2D eigenvalue weighted by molar-refractivity contribution is -0.649. The van der Waals surface area contributed by atoms with E-state index in [-0.39, 0.29) is 0 Å². The van der Waals surface area contributed by atoms with Gasteiger partial charge in [-0.3, -0.25) is 9.13 Å². The zero-order valence-corrected chi connectivity index (χ0v) is 22.9. The molecule has 0 N–H and O–H groups in total. The van der Waals surface area contributed by atoms with Gasteiger partial charge >= 0.3 is 0 Å². The van der Waals surface area contributed by atoms with E-state index in [4.69, 9.17) is 4.98 Å². The minimum atomic E-state index is 0.938. The molecule has 9 rings (SSSR count). The van der Waals surface area contributed by atoms with Gasteiger partial charge < -0.3 is 9.13 Å². The van der Waals surface area contributed by atoms with E-state index in [1.165, 1.54) is 10.8 Å². The van der Waals surface area contributed by atoms with Crippen LogP contribution in [-0.2, 0) is 7.05 Å². The molecule has 4 aromatic heterocycles. The lowest BCUT2D eigenvalue weighted by Gasteiger charge is -2.12. The second-order valence-corrected chi connectivity index (χ2v) is 10.8. The Morgan fingerprint density at radius 2 is 1.05 bits per heavy atom. The standard InChI is InChI=1S/C37H25N5/c1-39-24-40(35-21-10-9-20-34(35)39)26-14-11-15-27(22-26)42-33-19-8-6-17-29(33)31-23-30-28-16-5-7-18-32(28)41(36(30)38-37(31)42)25-12-3-2-4-13-25/h2-23H,1H3. The molecule has 0 aliphatic carbocycles. The lowest BCUT2D eigenvalue weighted by atomic mass is 10.1.